The second-order valence-corrected chi connectivity index (χ2v) is 5.91. The largest absolute Gasteiger partial charge is 0.494 e. The fourth-order valence-corrected chi connectivity index (χ4v) is 2.81. The summed E-state index contributed by atoms with van der Waals surface area (Å²) in [6.07, 6.45) is 1.17. The van der Waals surface area contributed by atoms with Crippen molar-refractivity contribution in [3.8, 4) is 5.75 Å². The number of ether oxygens (including phenoxy) is 1. The van der Waals surface area contributed by atoms with Gasteiger partial charge in [0, 0.05) is 19.5 Å². The van der Waals surface area contributed by atoms with Gasteiger partial charge in [-0.25, -0.2) is 4.98 Å². The molecule has 0 saturated carbocycles. The first kappa shape index (κ1) is 17.0. The molecule has 1 aromatic heterocycles. The van der Waals surface area contributed by atoms with Crippen LogP contribution in [0, 0.1) is 6.92 Å². The SMILES string of the molecule is Cc1nc2ccccc2n1CCNC(=O)CCCOc1ccccc1. The molecule has 5 nitrogen and oxygen atoms in total. The van der Waals surface area contributed by atoms with Gasteiger partial charge in [-0.3, -0.25) is 4.79 Å². The average molecular weight is 337 g/mol. The van der Waals surface area contributed by atoms with Gasteiger partial charge < -0.3 is 14.6 Å². The highest BCUT2D eigenvalue weighted by Gasteiger charge is 2.07. The van der Waals surface area contributed by atoms with Crippen LogP contribution in [0.4, 0.5) is 0 Å². The lowest BCUT2D eigenvalue weighted by molar-refractivity contribution is -0.121. The number of rotatable bonds is 8. The Hall–Kier alpha value is -2.82. The third kappa shape index (κ3) is 4.59. The number of carbonyl (C=O) groups excluding carboxylic acids is 1. The molecule has 3 aromatic rings. The quantitative estimate of drug-likeness (QED) is 0.642. The summed E-state index contributed by atoms with van der Waals surface area (Å²) in [4.78, 5) is 16.5. The molecule has 5 heteroatoms. The lowest BCUT2D eigenvalue weighted by atomic mass is 10.3. The molecular weight excluding hydrogens is 314 g/mol. The molecule has 0 aliphatic carbocycles. The van der Waals surface area contributed by atoms with Crippen molar-refractivity contribution in [1.82, 2.24) is 14.9 Å². The molecule has 0 fully saturated rings. The van der Waals surface area contributed by atoms with Gasteiger partial charge >= 0.3 is 0 Å². The number of para-hydroxylation sites is 3. The maximum absolute atomic E-state index is 11.9. The lowest BCUT2D eigenvalue weighted by Crippen LogP contribution is -2.27. The van der Waals surface area contributed by atoms with Gasteiger partial charge in [-0.1, -0.05) is 30.3 Å². The maximum Gasteiger partial charge on any atom is 0.220 e. The highest BCUT2D eigenvalue weighted by Crippen LogP contribution is 2.14. The molecule has 25 heavy (non-hydrogen) atoms. The highest BCUT2D eigenvalue weighted by molar-refractivity contribution is 5.76. The van der Waals surface area contributed by atoms with Crippen molar-refractivity contribution in [3.05, 3.63) is 60.4 Å². The molecule has 0 saturated heterocycles. The van der Waals surface area contributed by atoms with E-state index in [1.165, 1.54) is 0 Å². The summed E-state index contributed by atoms with van der Waals surface area (Å²) < 4.78 is 7.72. The van der Waals surface area contributed by atoms with E-state index in [1.54, 1.807) is 0 Å². The number of aromatic nitrogens is 2. The van der Waals surface area contributed by atoms with Crippen molar-refractivity contribution in [2.75, 3.05) is 13.2 Å². The molecule has 0 atom stereocenters. The number of nitrogens with one attached hydrogen (secondary N) is 1. The molecule has 0 aliphatic rings. The minimum Gasteiger partial charge on any atom is -0.494 e. The van der Waals surface area contributed by atoms with Gasteiger partial charge in [0.2, 0.25) is 5.91 Å². The Bertz CT molecular complexity index is 827. The number of carbonyl (C=O) groups is 1. The molecular formula is C20H23N3O2. The first-order valence-corrected chi connectivity index (χ1v) is 8.60. The van der Waals surface area contributed by atoms with Crippen LogP contribution in [0.25, 0.3) is 11.0 Å². The van der Waals surface area contributed by atoms with Crippen LogP contribution in [-0.4, -0.2) is 28.6 Å². The van der Waals surface area contributed by atoms with Gasteiger partial charge in [0.15, 0.2) is 0 Å². The Kier molecular flexibility index (Phi) is 5.67. The summed E-state index contributed by atoms with van der Waals surface area (Å²) in [5.74, 6) is 1.86. The molecule has 2 aromatic carbocycles. The summed E-state index contributed by atoms with van der Waals surface area (Å²) in [5, 5.41) is 2.97. The van der Waals surface area contributed by atoms with Crippen LogP contribution in [0.2, 0.25) is 0 Å². The third-order valence-corrected chi connectivity index (χ3v) is 4.06. The zero-order valence-corrected chi connectivity index (χ0v) is 14.4. The molecule has 1 N–H and O–H groups in total. The summed E-state index contributed by atoms with van der Waals surface area (Å²) >= 11 is 0. The number of benzene rings is 2. The first-order chi connectivity index (χ1) is 12.2. The molecule has 0 spiro atoms. The number of imidazole rings is 1. The number of hydrogen-bond donors (Lipinski definition) is 1. The van der Waals surface area contributed by atoms with E-state index in [9.17, 15) is 4.79 Å². The van der Waals surface area contributed by atoms with E-state index in [2.05, 4.69) is 20.9 Å². The van der Waals surface area contributed by atoms with E-state index in [-0.39, 0.29) is 5.91 Å². The lowest BCUT2D eigenvalue weighted by Gasteiger charge is -2.09. The number of nitrogens with zero attached hydrogens (tertiary/aromatic N) is 2. The van der Waals surface area contributed by atoms with Crippen LogP contribution < -0.4 is 10.1 Å². The second-order valence-electron chi connectivity index (χ2n) is 5.91. The van der Waals surface area contributed by atoms with E-state index in [0.717, 1.165) is 29.2 Å². The Balaban J connectivity index is 1.38. The van der Waals surface area contributed by atoms with Crippen molar-refractivity contribution < 1.29 is 9.53 Å². The smallest absolute Gasteiger partial charge is 0.220 e. The summed E-state index contributed by atoms with van der Waals surface area (Å²) in [6, 6.07) is 17.7. The Morgan fingerprint density at radius 1 is 1.12 bits per heavy atom. The van der Waals surface area contributed by atoms with E-state index in [1.807, 2.05) is 55.5 Å². The third-order valence-electron chi connectivity index (χ3n) is 4.06. The molecule has 3 rings (SSSR count). The molecule has 0 aliphatic heterocycles. The van der Waals surface area contributed by atoms with Gasteiger partial charge in [-0.2, -0.15) is 0 Å². The Morgan fingerprint density at radius 2 is 1.88 bits per heavy atom. The topological polar surface area (TPSA) is 56.2 Å². The van der Waals surface area contributed by atoms with Crippen molar-refractivity contribution in [1.29, 1.82) is 0 Å². The molecule has 0 unspecified atom stereocenters. The predicted molar refractivity (Wildman–Crippen MR) is 98.7 cm³/mol. The van der Waals surface area contributed by atoms with Crippen molar-refractivity contribution in [2.45, 2.75) is 26.3 Å². The Labute approximate surface area is 147 Å². The number of fused-ring (bicyclic) bond motifs is 1. The zero-order chi connectivity index (χ0) is 17.5. The number of hydrogen-bond acceptors (Lipinski definition) is 3. The molecule has 1 amide bonds. The van der Waals surface area contributed by atoms with Crippen molar-refractivity contribution >= 4 is 16.9 Å². The molecule has 1 heterocycles. The van der Waals surface area contributed by atoms with Gasteiger partial charge in [-0.15, -0.1) is 0 Å². The van der Waals surface area contributed by atoms with Gasteiger partial charge in [-0.05, 0) is 37.6 Å². The van der Waals surface area contributed by atoms with Gasteiger partial charge in [0.25, 0.3) is 0 Å². The van der Waals surface area contributed by atoms with E-state index in [4.69, 9.17) is 4.74 Å². The Morgan fingerprint density at radius 3 is 2.72 bits per heavy atom. The molecule has 0 radical (unpaired) electrons. The minimum absolute atomic E-state index is 0.0544. The summed E-state index contributed by atoms with van der Waals surface area (Å²) in [7, 11) is 0. The summed E-state index contributed by atoms with van der Waals surface area (Å²) in [6.45, 7) is 3.85. The van der Waals surface area contributed by atoms with E-state index >= 15 is 0 Å². The zero-order valence-electron chi connectivity index (χ0n) is 14.4. The van der Waals surface area contributed by atoms with Crippen LogP contribution in [0.1, 0.15) is 18.7 Å². The van der Waals surface area contributed by atoms with Crippen LogP contribution >= 0.6 is 0 Å². The van der Waals surface area contributed by atoms with Crippen molar-refractivity contribution in [3.63, 3.8) is 0 Å². The van der Waals surface area contributed by atoms with Crippen LogP contribution in [-0.2, 0) is 11.3 Å². The van der Waals surface area contributed by atoms with E-state index < -0.39 is 0 Å². The van der Waals surface area contributed by atoms with Crippen LogP contribution in [0.5, 0.6) is 5.75 Å². The van der Waals surface area contributed by atoms with Gasteiger partial charge in [0.05, 0.1) is 17.6 Å². The summed E-state index contributed by atoms with van der Waals surface area (Å²) in [5.41, 5.74) is 2.09. The maximum atomic E-state index is 11.9. The molecule has 130 valence electrons. The predicted octanol–water partition coefficient (Wildman–Crippen LogP) is 3.32. The van der Waals surface area contributed by atoms with Crippen molar-refractivity contribution in [2.24, 2.45) is 0 Å². The van der Waals surface area contributed by atoms with Crippen LogP contribution in [0.3, 0.4) is 0 Å². The molecule has 0 bridgehead atoms. The normalized spacial score (nSPS) is 10.8. The fourth-order valence-electron chi connectivity index (χ4n) is 2.81. The number of amides is 1. The first-order valence-electron chi connectivity index (χ1n) is 8.60. The fraction of sp³-hybridized carbons (Fsp3) is 0.300. The average Bonchev–Trinajstić information content (AvgIpc) is 2.95. The standard InChI is InChI=1S/C20H23N3O2/c1-16-22-18-10-5-6-11-19(18)23(16)14-13-21-20(24)12-7-15-25-17-8-3-2-4-9-17/h2-6,8-11H,7,12-15H2,1H3,(H,21,24). The monoisotopic (exact) mass is 337 g/mol. The van der Waals surface area contributed by atoms with Gasteiger partial charge in [0.1, 0.15) is 11.6 Å². The minimum atomic E-state index is 0.0544. The second kappa shape index (κ2) is 8.33. The van der Waals surface area contributed by atoms with Crippen LogP contribution in [0.15, 0.2) is 54.6 Å². The highest BCUT2D eigenvalue weighted by atomic mass is 16.5. The number of aryl methyl sites for hydroxylation is 1. The van der Waals surface area contributed by atoms with E-state index in [0.29, 0.717) is 26.0 Å².